The van der Waals surface area contributed by atoms with Crippen molar-refractivity contribution in [3.05, 3.63) is 27.4 Å². The van der Waals surface area contributed by atoms with E-state index in [0.29, 0.717) is 0 Å². The molecule has 0 amide bonds. The van der Waals surface area contributed by atoms with Gasteiger partial charge < -0.3 is 10.6 Å². The molecule has 0 aromatic carbocycles. The number of hydrogen-bond acceptors (Lipinski definition) is 6. The van der Waals surface area contributed by atoms with Crippen LogP contribution in [0.25, 0.3) is 0 Å². The number of thiophene rings is 1. The minimum atomic E-state index is 0.159. The van der Waals surface area contributed by atoms with Crippen LogP contribution >= 0.6 is 34.7 Å². The fourth-order valence-corrected chi connectivity index (χ4v) is 3.16. The molecule has 2 heterocycles. The molecule has 0 fully saturated rings. The van der Waals surface area contributed by atoms with Crippen molar-refractivity contribution in [1.29, 1.82) is 0 Å². The third-order valence-corrected chi connectivity index (χ3v) is 4.59. The van der Waals surface area contributed by atoms with E-state index in [4.69, 9.17) is 11.6 Å². The maximum atomic E-state index is 5.97. The molecule has 0 saturated heterocycles. The molecule has 2 aromatic heterocycles. The smallest absolute Gasteiger partial charge is 0.191 e. The van der Waals surface area contributed by atoms with Crippen LogP contribution in [0.1, 0.15) is 24.8 Å². The summed E-state index contributed by atoms with van der Waals surface area (Å²) in [4.78, 5) is 10.1. The number of thioether (sulfide) groups is 1. The first kappa shape index (κ1) is 15.4. The molecule has 0 radical (unpaired) electrons. The fraction of sp³-hybridized carbons (Fsp3) is 0.385. The number of halogens is 1. The van der Waals surface area contributed by atoms with Crippen LogP contribution in [0.5, 0.6) is 0 Å². The van der Waals surface area contributed by atoms with Crippen LogP contribution in [0.3, 0.4) is 0 Å². The Bertz CT molecular complexity index is 573. The average molecular weight is 329 g/mol. The zero-order valence-corrected chi connectivity index (χ0v) is 14.0. The second-order valence-corrected chi connectivity index (χ2v) is 6.68. The molecule has 0 aliphatic heterocycles. The van der Waals surface area contributed by atoms with Gasteiger partial charge in [-0.15, -0.1) is 11.3 Å². The molecule has 1 unspecified atom stereocenters. The first-order valence-corrected chi connectivity index (χ1v) is 8.73. The Morgan fingerprint density at radius 1 is 1.35 bits per heavy atom. The van der Waals surface area contributed by atoms with Gasteiger partial charge in [-0.2, -0.15) is 0 Å². The van der Waals surface area contributed by atoms with Crippen LogP contribution in [0.15, 0.2) is 23.4 Å². The zero-order chi connectivity index (χ0) is 14.5. The summed E-state index contributed by atoms with van der Waals surface area (Å²) in [6.07, 6.45) is 1.97. The molecule has 7 heteroatoms. The van der Waals surface area contributed by atoms with E-state index in [1.165, 1.54) is 16.6 Å². The van der Waals surface area contributed by atoms with Crippen LogP contribution in [0, 0.1) is 0 Å². The van der Waals surface area contributed by atoms with Crippen LogP contribution in [0.4, 0.5) is 11.6 Å². The van der Waals surface area contributed by atoms with E-state index in [9.17, 15) is 0 Å². The monoisotopic (exact) mass is 328 g/mol. The highest BCUT2D eigenvalue weighted by atomic mass is 35.5. The van der Waals surface area contributed by atoms with Crippen LogP contribution in [-0.4, -0.2) is 22.8 Å². The number of anilines is 2. The quantitative estimate of drug-likeness (QED) is 0.603. The third-order valence-electron chi connectivity index (χ3n) is 2.63. The molecule has 0 aliphatic carbocycles. The van der Waals surface area contributed by atoms with E-state index in [0.717, 1.165) is 27.7 Å². The Hall–Kier alpha value is -0.980. The minimum Gasteiger partial charge on any atom is -0.370 e. The lowest BCUT2D eigenvalue weighted by Crippen LogP contribution is -2.09. The van der Waals surface area contributed by atoms with Crippen molar-refractivity contribution in [3.8, 4) is 0 Å². The Morgan fingerprint density at radius 2 is 2.10 bits per heavy atom. The van der Waals surface area contributed by atoms with E-state index >= 15 is 0 Å². The second kappa shape index (κ2) is 7.15. The lowest BCUT2D eigenvalue weighted by molar-refractivity contribution is 0.872. The minimum absolute atomic E-state index is 0.159. The van der Waals surface area contributed by atoms with Gasteiger partial charge in [0.05, 0.1) is 10.4 Å². The molecule has 2 rings (SSSR count). The van der Waals surface area contributed by atoms with E-state index in [-0.39, 0.29) is 6.04 Å². The van der Waals surface area contributed by atoms with E-state index in [1.54, 1.807) is 11.3 Å². The van der Waals surface area contributed by atoms with Crippen molar-refractivity contribution in [2.45, 2.75) is 25.0 Å². The topological polar surface area (TPSA) is 49.8 Å². The van der Waals surface area contributed by atoms with E-state index in [2.05, 4.69) is 27.5 Å². The summed E-state index contributed by atoms with van der Waals surface area (Å²) >= 11 is 9.08. The highest BCUT2D eigenvalue weighted by Gasteiger charge is 2.10. The molecule has 2 N–H and O–H groups in total. The third kappa shape index (κ3) is 4.01. The summed E-state index contributed by atoms with van der Waals surface area (Å²) in [6, 6.07) is 6.03. The SMILES string of the molecule is CCNc1cc(NC(C)c2ccc(Cl)s2)nc(SC)n1. The molecule has 2 aromatic rings. The first-order valence-electron chi connectivity index (χ1n) is 6.31. The van der Waals surface area contributed by atoms with Crippen LogP contribution in [-0.2, 0) is 0 Å². The molecule has 108 valence electrons. The van der Waals surface area contributed by atoms with E-state index < -0.39 is 0 Å². The van der Waals surface area contributed by atoms with Crippen LogP contribution < -0.4 is 10.6 Å². The van der Waals surface area contributed by atoms with Crippen molar-refractivity contribution < 1.29 is 0 Å². The van der Waals surface area contributed by atoms with Gasteiger partial charge in [0.25, 0.3) is 0 Å². The van der Waals surface area contributed by atoms with Crippen molar-refractivity contribution in [1.82, 2.24) is 9.97 Å². The summed E-state index contributed by atoms with van der Waals surface area (Å²) in [5.41, 5.74) is 0. The van der Waals surface area contributed by atoms with E-state index in [1.807, 2.05) is 31.4 Å². The molecule has 20 heavy (non-hydrogen) atoms. The van der Waals surface area contributed by atoms with Gasteiger partial charge in [-0.05, 0) is 32.2 Å². The maximum Gasteiger partial charge on any atom is 0.191 e. The van der Waals surface area contributed by atoms with Crippen LogP contribution in [0.2, 0.25) is 4.34 Å². The molecule has 1 atom stereocenters. The summed E-state index contributed by atoms with van der Waals surface area (Å²) in [7, 11) is 0. The van der Waals surface area contributed by atoms with Gasteiger partial charge in [0, 0.05) is 17.5 Å². The maximum absolute atomic E-state index is 5.97. The molecule has 0 aliphatic rings. The molecule has 4 nitrogen and oxygen atoms in total. The van der Waals surface area contributed by atoms with Crippen molar-refractivity contribution in [3.63, 3.8) is 0 Å². The Labute approximate surface area is 132 Å². The number of nitrogens with zero attached hydrogens (tertiary/aromatic N) is 2. The Morgan fingerprint density at radius 3 is 2.70 bits per heavy atom. The largest absolute Gasteiger partial charge is 0.370 e. The van der Waals surface area contributed by atoms with Crippen molar-refractivity contribution in [2.24, 2.45) is 0 Å². The van der Waals surface area contributed by atoms with Crippen molar-refractivity contribution >= 4 is 46.3 Å². The molecule has 0 spiro atoms. The molecule has 0 saturated carbocycles. The number of rotatable bonds is 6. The Kier molecular flexibility index (Phi) is 5.51. The van der Waals surface area contributed by atoms with Gasteiger partial charge in [0.2, 0.25) is 0 Å². The van der Waals surface area contributed by atoms with Crippen molar-refractivity contribution in [2.75, 3.05) is 23.4 Å². The highest BCUT2D eigenvalue weighted by molar-refractivity contribution is 7.98. The summed E-state index contributed by atoms with van der Waals surface area (Å²) in [6.45, 7) is 4.97. The zero-order valence-electron chi connectivity index (χ0n) is 11.6. The second-order valence-electron chi connectivity index (χ2n) is 4.16. The summed E-state index contributed by atoms with van der Waals surface area (Å²) in [5, 5.41) is 7.36. The Balaban J connectivity index is 2.17. The van der Waals surface area contributed by atoms with Gasteiger partial charge in [-0.3, -0.25) is 0 Å². The standard InChI is InChI=1S/C13H17ClN4S2/c1-4-15-11-7-12(18-13(17-11)19-3)16-8(2)9-5-6-10(14)20-9/h5-8H,4H2,1-3H3,(H2,15,16,17,18). The predicted molar refractivity (Wildman–Crippen MR) is 89.3 cm³/mol. The number of hydrogen-bond donors (Lipinski definition) is 2. The van der Waals surface area contributed by atoms with Gasteiger partial charge in [-0.25, -0.2) is 9.97 Å². The molecular formula is C13H17ClN4S2. The normalized spacial score (nSPS) is 12.2. The lowest BCUT2D eigenvalue weighted by Gasteiger charge is -2.14. The van der Waals surface area contributed by atoms with Gasteiger partial charge in [0.1, 0.15) is 11.6 Å². The lowest BCUT2D eigenvalue weighted by atomic mass is 10.3. The predicted octanol–water partition coefficient (Wildman–Crippen LogP) is 4.52. The van der Waals surface area contributed by atoms with Gasteiger partial charge >= 0.3 is 0 Å². The number of aromatic nitrogens is 2. The van der Waals surface area contributed by atoms with Gasteiger partial charge in [-0.1, -0.05) is 23.4 Å². The molecule has 0 bridgehead atoms. The summed E-state index contributed by atoms with van der Waals surface area (Å²) < 4.78 is 0.800. The average Bonchev–Trinajstić information content (AvgIpc) is 2.85. The highest BCUT2D eigenvalue weighted by Crippen LogP contribution is 2.29. The van der Waals surface area contributed by atoms with Gasteiger partial charge in [0.15, 0.2) is 5.16 Å². The fourth-order valence-electron chi connectivity index (χ4n) is 1.72. The molecular weight excluding hydrogens is 312 g/mol. The first-order chi connectivity index (χ1) is 9.62. The number of nitrogens with one attached hydrogen (secondary N) is 2. The summed E-state index contributed by atoms with van der Waals surface area (Å²) in [5.74, 6) is 1.66.